The molecule has 0 unspecified atom stereocenters. The van der Waals surface area contributed by atoms with Crippen molar-refractivity contribution in [1.29, 1.82) is 0 Å². The molecular weight excluding hydrogens is 1540 g/mol. The van der Waals surface area contributed by atoms with E-state index in [-0.39, 0.29) is 98.0 Å². The van der Waals surface area contributed by atoms with Crippen LogP contribution in [0.2, 0.25) is 0 Å². The first kappa shape index (κ1) is 101. The summed E-state index contributed by atoms with van der Waals surface area (Å²) >= 11 is 0. The Labute approximate surface area is 698 Å². The van der Waals surface area contributed by atoms with Crippen LogP contribution in [0.1, 0.15) is 93.0 Å². The average Bonchev–Trinajstić information content (AvgIpc) is 0.776. The summed E-state index contributed by atoms with van der Waals surface area (Å²) in [5.41, 5.74) is 12.3. The fourth-order valence-corrected chi connectivity index (χ4v) is 20.0. The van der Waals surface area contributed by atoms with Gasteiger partial charge in [0.1, 0.15) is 0 Å². The smallest absolute Gasteiger partial charge is 0.230 e. The van der Waals surface area contributed by atoms with E-state index >= 15 is 4.57 Å². The number of carbonyl (C=O) groups is 2. The minimum absolute atomic E-state index is 0.0209. The molecular formula is C91H131N7O18P2. The molecule has 118 heavy (non-hydrogen) atoms. The molecule has 0 aromatic heterocycles. The number of carbonyl (C=O) groups excluding carboxylic acids is 2. The molecule has 0 atom stereocenters. The summed E-state index contributed by atoms with van der Waals surface area (Å²) in [5, 5.41) is 132. The largest absolute Gasteiger partial charge is 0.395 e. The van der Waals surface area contributed by atoms with Crippen molar-refractivity contribution in [2.24, 2.45) is 0 Å². The van der Waals surface area contributed by atoms with Gasteiger partial charge in [0, 0.05) is 170 Å². The van der Waals surface area contributed by atoms with E-state index in [0.29, 0.717) is 170 Å². The number of hydrogen-bond donors (Lipinski definition) is 14. The lowest BCUT2D eigenvalue weighted by Gasteiger charge is -2.30. The van der Waals surface area contributed by atoms with Crippen molar-refractivity contribution >= 4 is 46.6 Å². The van der Waals surface area contributed by atoms with Crippen molar-refractivity contribution in [2.45, 2.75) is 87.4 Å². The Bertz CT molecular complexity index is 4050. The molecule has 8 aromatic rings. The van der Waals surface area contributed by atoms with Crippen LogP contribution in [0.3, 0.4) is 0 Å². The van der Waals surface area contributed by atoms with Gasteiger partial charge in [0.2, 0.25) is 25.3 Å². The number of nitrogens with zero attached hydrogens (tertiary/aromatic N) is 7. The fraction of sp³-hybridized carbons (Fsp3) is 0.451. The quantitative estimate of drug-likeness (QED) is 0.0235. The number of aliphatic hydroxyl groups is 14. The van der Waals surface area contributed by atoms with Gasteiger partial charge in [-0.2, -0.15) is 0 Å². The summed E-state index contributed by atoms with van der Waals surface area (Å²) < 4.78 is 29.7. The average molecular weight is 1670 g/mol. The fourth-order valence-electron chi connectivity index (χ4n) is 14.8. The Kier molecular flexibility index (Phi) is 47.7. The number of benzene rings is 8. The van der Waals surface area contributed by atoms with E-state index in [1.165, 1.54) is 0 Å². The van der Waals surface area contributed by atoms with Gasteiger partial charge >= 0.3 is 0 Å². The summed E-state index contributed by atoms with van der Waals surface area (Å²) in [6, 6.07) is 53.8. The highest BCUT2D eigenvalue weighted by Crippen LogP contribution is 2.50. The lowest BCUT2D eigenvalue weighted by molar-refractivity contribution is 0.106. The molecule has 27 heteroatoms. The van der Waals surface area contributed by atoms with E-state index in [1.807, 2.05) is 149 Å². The summed E-state index contributed by atoms with van der Waals surface area (Å²) in [4.78, 5) is 42.7. The van der Waals surface area contributed by atoms with Crippen LogP contribution in [0.4, 0.5) is 0 Å². The maximum Gasteiger partial charge on any atom is 0.230 e. The van der Waals surface area contributed by atoms with Crippen LogP contribution in [0.25, 0.3) is 0 Å². The van der Waals surface area contributed by atoms with Gasteiger partial charge in [0.25, 0.3) is 0 Å². The third-order valence-electron chi connectivity index (χ3n) is 20.9. The molecule has 0 saturated heterocycles. The van der Waals surface area contributed by atoms with Crippen molar-refractivity contribution in [3.63, 3.8) is 0 Å². The molecule has 0 fully saturated rings. The zero-order valence-corrected chi connectivity index (χ0v) is 71.7. The van der Waals surface area contributed by atoms with Gasteiger partial charge in [0.05, 0.1) is 92.5 Å². The first-order valence-electron chi connectivity index (χ1n) is 40.5. The molecule has 0 aliphatic rings. The Balaban J connectivity index is 0.000000290. The highest BCUT2D eigenvalue weighted by Gasteiger charge is 2.41. The molecule has 0 bridgehead atoms. The van der Waals surface area contributed by atoms with Crippen molar-refractivity contribution < 1.29 is 90.2 Å². The van der Waals surface area contributed by atoms with Crippen molar-refractivity contribution in [1.82, 2.24) is 34.3 Å². The summed E-state index contributed by atoms with van der Waals surface area (Å²) in [6.45, 7) is 22.0. The van der Waals surface area contributed by atoms with E-state index < -0.39 is 19.8 Å². The van der Waals surface area contributed by atoms with E-state index in [9.17, 15) is 44.8 Å². The van der Waals surface area contributed by atoms with Gasteiger partial charge in [0.15, 0.2) is 0 Å². The third kappa shape index (κ3) is 30.4. The third-order valence-corrected chi connectivity index (χ3v) is 26.5. The molecule has 648 valence electrons. The highest BCUT2D eigenvalue weighted by molar-refractivity contribution is 7.94. The van der Waals surface area contributed by atoms with Gasteiger partial charge in [-0.25, -0.2) is 0 Å². The Morgan fingerprint density at radius 1 is 0.246 bits per heavy atom. The van der Waals surface area contributed by atoms with Gasteiger partial charge in [-0.1, -0.05) is 176 Å². The van der Waals surface area contributed by atoms with Crippen LogP contribution in [0.15, 0.2) is 176 Å². The molecule has 25 nitrogen and oxygen atoms in total. The molecule has 8 rings (SSSR count). The summed E-state index contributed by atoms with van der Waals surface area (Å²) in [6.07, 6.45) is 0. The standard InChI is InChI=1S/C32H43N2O6P.C27H32NO4P.2C16H28N2O4/c1-24-29(22-33(14-18-35)15-19-36)25(2)31(26(3)30(24)23-34(16-20-37)17-21-38)32(39)41(40,27-10-6-4-7-11-27)28-12-8-5-9-13-28;1-20-18-21(2)26(22(3)25(20)19-28(14-16-29)15-17-30)27(31)33(32,23-10-6-4-7-11-23)24-12-8-5-9-13-24;19-8-4-17(5-9-20)13-15-2-1-3-16(12-15)14-18(6-10-21)7-11-22;19-9-5-17(6-10-20)13-15-3-1-2-4-16(15)14-18(7-11-21)8-12-22/h4-13,35-38H,14-23H2,1-3H3;4-13,18,29-30H,14-17,19H2,1-3H3;1-3,12,19-22H,4-11,13-14H2;1-4,19-22H,5-14H2. The Hall–Kier alpha value is -7.28. The monoisotopic (exact) mass is 1670 g/mol. The van der Waals surface area contributed by atoms with Crippen molar-refractivity contribution in [3.8, 4) is 0 Å². The van der Waals surface area contributed by atoms with Crippen molar-refractivity contribution in [2.75, 3.05) is 184 Å². The predicted molar refractivity (Wildman–Crippen MR) is 469 cm³/mol. The first-order chi connectivity index (χ1) is 57.0. The number of hydrogen-bond acceptors (Lipinski definition) is 25. The van der Waals surface area contributed by atoms with Crippen LogP contribution in [-0.4, -0.2) is 301 Å². The predicted octanol–water partition coefficient (Wildman–Crippen LogP) is 4.41. The Morgan fingerprint density at radius 3 is 0.746 bits per heavy atom. The number of aliphatic hydroxyl groups excluding tert-OH is 14. The van der Waals surface area contributed by atoms with Crippen LogP contribution in [0.5, 0.6) is 0 Å². The number of rotatable bonds is 50. The zero-order chi connectivity index (χ0) is 86.4. The maximum absolute atomic E-state index is 15.1. The maximum atomic E-state index is 15.1. The lowest BCUT2D eigenvalue weighted by Crippen LogP contribution is -2.32. The first-order valence-corrected chi connectivity index (χ1v) is 43.9. The van der Waals surface area contributed by atoms with Crippen LogP contribution in [0, 0.1) is 41.5 Å². The second-order valence-corrected chi connectivity index (χ2v) is 34.3. The molecule has 0 amide bonds. The van der Waals surface area contributed by atoms with Gasteiger partial charge in [-0.15, -0.1) is 0 Å². The van der Waals surface area contributed by atoms with Crippen LogP contribution >= 0.6 is 14.3 Å². The van der Waals surface area contributed by atoms with Crippen LogP contribution in [-0.2, 0) is 54.9 Å². The second kappa shape index (κ2) is 55.6. The molecule has 0 saturated carbocycles. The lowest BCUT2D eigenvalue weighted by atomic mass is 9.88. The van der Waals surface area contributed by atoms with Crippen molar-refractivity contribution in [3.05, 3.63) is 259 Å². The SMILES string of the molecule is Cc1c(CN(CCO)CCO)c(C)c(C(=O)P(=O)(c2ccccc2)c2ccccc2)c(C)c1CN(CCO)CCO.Cc1cc(C)c(C(=O)P(=O)(c2ccccc2)c2ccccc2)c(C)c1CN(CCO)CCO.OCCN(CCO)Cc1cccc(CN(CCO)CCO)c1.OCCN(CCO)Cc1ccccc1CN(CCO)CCO. The molecule has 8 aromatic carbocycles. The molecule has 0 aliphatic heterocycles. The minimum Gasteiger partial charge on any atom is -0.395 e. The molecule has 14 N–H and O–H groups in total. The summed E-state index contributed by atoms with van der Waals surface area (Å²) in [5.74, 6) is 0. The Morgan fingerprint density at radius 2 is 0.475 bits per heavy atom. The van der Waals surface area contributed by atoms with Gasteiger partial charge < -0.3 is 80.6 Å². The van der Waals surface area contributed by atoms with Crippen LogP contribution < -0.4 is 21.2 Å². The van der Waals surface area contributed by atoms with Gasteiger partial charge in [-0.05, 0) is 114 Å². The molecule has 0 aliphatic carbocycles. The minimum atomic E-state index is -3.79. The second-order valence-electron chi connectivity index (χ2n) is 29.0. The van der Waals surface area contributed by atoms with E-state index in [0.717, 1.165) is 72.3 Å². The summed E-state index contributed by atoms with van der Waals surface area (Å²) in [7, 11) is -7.41. The van der Waals surface area contributed by atoms with Gasteiger partial charge in [-0.3, -0.25) is 43.9 Å². The normalized spacial score (nSPS) is 11.7. The molecule has 0 heterocycles. The zero-order valence-electron chi connectivity index (χ0n) is 69.9. The van der Waals surface area contributed by atoms with E-state index in [2.05, 4.69) is 6.07 Å². The molecule has 0 radical (unpaired) electrons. The highest BCUT2D eigenvalue weighted by atomic mass is 31.2. The topological polar surface area (TPSA) is 374 Å². The molecule has 0 spiro atoms. The van der Waals surface area contributed by atoms with E-state index in [4.69, 9.17) is 40.9 Å². The number of aryl methyl sites for hydroxylation is 2. The van der Waals surface area contributed by atoms with E-state index in [1.54, 1.807) is 97.1 Å².